The van der Waals surface area contributed by atoms with Crippen LogP contribution in [0.1, 0.15) is 0 Å². The summed E-state index contributed by atoms with van der Waals surface area (Å²) in [5.41, 5.74) is 2.87. The summed E-state index contributed by atoms with van der Waals surface area (Å²) >= 11 is 8.16. The van der Waals surface area contributed by atoms with Crippen molar-refractivity contribution in [3.05, 3.63) is 64.3 Å². The lowest BCUT2D eigenvalue weighted by atomic mass is 10.3. The fourth-order valence-electron chi connectivity index (χ4n) is 1.85. The van der Waals surface area contributed by atoms with Crippen LogP contribution in [-0.4, -0.2) is 15.0 Å². The zero-order chi connectivity index (χ0) is 14.7. The van der Waals surface area contributed by atoms with E-state index in [4.69, 9.17) is 16.6 Å². The minimum absolute atomic E-state index is 0.259. The van der Waals surface area contributed by atoms with Crippen molar-refractivity contribution in [2.45, 2.75) is 0 Å². The summed E-state index contributed by atoms with van der Waals surface area (Å²) in [5, 5.41) is 0.943. The summed E-state index contributed by atoms with van der Waals surface area (Å²) in [7, 11) is 0. The molecular weight excluding hydrogens is 350 g/mol. The van der Waals surface area contributed by atoms with E-state index in [1.165, 1.54) is 0 Å². The van der Waals surface area contributed by atoms with Gasteiger partial charge in [0, 0.05) is 11.6 Å². The number of nitrogens with zero attached hydrogens (tertiary/aromatic N) is 2. The van der Waals surface area contributed by atoms with Gasteiger partial charge in [-0.3, -0.25) is 0 Å². The van der Waals surface area contributed by atoms with Crippen LogP contribution in [0, 0.1) is 4.84 Å². The van der Waals surface area contributed by atoms with E-state index in [1.807, 2.05) is 42.5 Å². The van der Waals surface area contributed by atoms with Crippen molar-refractivity contribution >= 4 is 50.2 Å². The summed E-state index contributed by atoms with van der Waals surface area (Å²) < 4.78 is 6.15. The molecule has 0 radical (unpaired) electrons. The molecular formula is C15H10BrN3OS. The number of nitrogens with one attached hydrogen (secondary N) is 1. The van der Waals surface area contributed by atoms with Gasteiger partial charge in [-0.2, -0.15) is 0 Å². The number of H-pyrrole nitrogens is 1. The van der Waals surface area contributed by atoms with E-state index in [0.717, 1.165) is 26.5 Å². The molecule has 4 nitrogen and oxygen atoms in total. The number of aromatic nitrogens is 3. The van der Waals surface area contributed by atoms with Gasteiger partial charge in [0.15, 0.2) is 5.58 Å². The van der Waals surface area contributed by atoms with E-state index in [1.54, 1.807) is 12.5 Å². The average molecular weight is 360 g/mol. The number of hydrogen-bond donors (Lipinski definition) is 1. The van der Waals surface area contributed by atoms with Crippen LogP contribution in [0.5, 0.6) is 0 Å². The van der Waals surface area contributed by atoms with Gasteiger partial charge in [0.05, 0.1) is 21.8 Å². The van der Waals surface area contributed by atoms with Gasteiger partial charge in [-0.1, -0.05) is 18.2 Å². The lowest BCUT2D eigenvalue weighted by Crippen LogP contribution is -1.77. The maximum absolute atomic E-state index is 5.25. The highest BCUT2D eigenvalue weighted by Crippen LogP contribution is 2.22. The molecule has 0 spiro atoms. The normalized spacial score (nSPS) is 10.3. The van der Waals surface area contributed by atoms with Crippen molar-refractivity contribution in [2.75, 3.05) is 0 Å². The standard InChI is InChI=1S/C8H4BrNOS.C7H6N2/c9-6-3-1-2-5-4-10-8(12)11-7(5)6;1-2-4-7-6(3-1)8-5-9-7/h1-4H;1-5H,(H,8,9). The second kappa shape index (κ2) is 6.15. The molecule has 0 aliphatic heterocycles. The number of halogens is 1. The predicted molar refractivity (Wildman–Crippen MR) is 88.6 cm³/mol. The Labute approximate surface area is 134 Å². The number of benzene rings is 2. The first-order chi connectivity index (χ1) is 10.2. The van der Waals surface area contributed by atoms with Gasteiger partial charge in [-0.15, -0.1) is 0 Å². The predicted octanol–water partition coefficient (Wildman–Crippen LogP) is 4.88. The van der Waals surface area contributed by atoms with Crippen LogP contribution in [0.3, 0.4) is 0 Å². The third-order valence-electron chi connectivity index (χ3n) is 2.82. The van der Waals surface area contributed by atoms with Gasteiger partial charge in [0.1, 0.15) is 0 Å². The van der Waals surface area contributed by atoms with E-state index in [2.05, 4.69) is 30.9 Å². The van der Waals surface area contributed by atoms with E-state index in [-0.39, 0.29) is 4.84 Å². The van der Waals surface area contributed by atoms with Crippen molar-refractivity contribution in [1.29, 1.82) is 0 Å². The van der Waals surface area contributed by atoms with Crippen molar-refractivity contribution in [1.82, 2.24) is 15.0 Å². The van der Waals surface area contributed by atoms with Crippen LogP contribution in [0.4, 0.5) is 0 Å². The number of rotatable bonds is 0. The van der Waals surface area contributed by atoms with Crippen molar-refractivity contribution in [3.63, 3.8) is 0 Å². The average Bonchev–Trinajstić information content (AvgIpc) is 2.97. The van der Waals surface area contributed by atoms with Crippen LogP contribution in [-0.2, 0) is 0 Å². The third kappa shape index (κ3) is 3.17. The molecule has 0 unspecified atom stereocenters. The van der Waals surface area contributed by atoms with Crippen molar-refractivity contribution in [3.8, 4) is 0 Å². The lowest BCUT2D eigenvalue weighted by Gasteiger charge is -1.96. The fraction of sp³-hybridized carbons (Fsp3) is 0. The molecule has 0 aliphatic carbocycles. The molecule has 6 heteroatoms. The zero-order valence-electron chi connectivity index (χ0n) is 10.8. The Kier molecular flexibility index (Phi) is 4.08. The third-order valence-corrected chi connectivity index (χ3v) is 3.64. The fourth-order valence-corrected chi connectivity index (χ4v) is 2.45. The molecule has 0 bridgehead atoms. The molecule has 21 heavy (non-hydrogen) atoms. The molecule has 104 valence electrons. The molecule has 1 N–H and O–H groups in total. The summed E-state index contributed by atoms with van der Waals surface area (Å²) in [6, 6.07) is 13.7. The maximum atomic E-state index is 5.25. The Hall–Kier alpha value is -2.05. The van der Waals surface area contributed by atoms with Gasteiger partial charge >= 0.3 is 0 Å². The molecule has 0 aliphatic rings. The van der Waals surface area contributed by atoms with Crippen LogP contribution in [0.15, 0.2) is 63.9 Å². The summed E-state index contributed by atoms with van der Waals surface area (Å²) in [5.74, 6) is 0. The molecule has 0 saturated heterocycles. The number of aromatic amines is 1. The highest BCUT2D eigenvalue weighted by Gasteiger charge is 1.99. The quantitative estimate of drug-likeness (QED) is 0.454. The molecule has 2 heterocycles. The SMILES string of the molecule is S=c1ncc2cccc(Br)c2o1.c1ccc2[nH]cnc2c1. The van der Waals surface area contributed by atoms with E-state index >= 15 is 0 Å². The Morgan fingerprint density at radius 3 is 2.76 bits per heavy atom. The number of hydrogen-bond acceptors (Lipinski definition) is 4. The first kappa shape index (κ1) is 13.9. The second-order valence-corrected chi connectivity index (χ2v) is 5.41. The summed E-state index contributed by atoms with van der Waals surface area (Å²) in [4.78, 5) is 11.2. The van der Waals surface area contributed by atoms with Crippen LogP contribution < -0.4 is 0 Å². The Morgan fingerprint density at radius 2 is 1.90 bits per heavy atom. The molecule has 0 atom stereocenters. The van der Waals surface area contributed by atoms with E-state index in [0.29, 0.717) is 0 Å². The van der Waals surface area contributed by atoms with Gasteiger partial charge in [0.25, 0.3) is 4.84 Å². The van der Waals surface area contributed by atoms with E-state index < -0.39 is 0 Å². The molecule has 4 aromatic rings. The topological polar surface area (TPSA) is 54.7 Å². The van der Waals surface area contributed by atoms with Crippen molar-refractivity contribution < 1.29 is 4.42 Å². The van der Waals surface area contributed by atoms with Gasteiger partial charge in [-0.05, 0) is 52.4 Å². The van der Waals surface area contributed by atoms with Crippen LogP contribution in [0.2, 0.25) is 0 Å². The second-order valence-electron chi connectivity index (χ2n) is 4.20. The van der Waals surface area contributed by atoms with Gasteiger partial charge in [-0.25, -0.2) is 9.97 Å². The zero-order valence-corrected chi connectivity index (χ0v) is 13.2. The smallest absolute Gasteiger partial charge is 0.288 e. The molecule has 2 aromatic carbocycles. The molecule has 2 aromatic heterocycles. The Bertz CT molecular complexity index is 918. The lowest BCUT2D eigenvalue weighted by molar-refractivity contribution is 0.558. The molecule has 0 saturated carbocycles. The largest absolute Gasteiger partial charge is 0.428 e. The van der Waals surface area contributed by atoms with E-state index in [9.17, 15) is 0 Å². The first-order valence-electron chi connectivity index (χ1n) is 6.16. The van der Waals surface area contributed by atoms with Crippen LogP contribution in [0.25, 0.3) is 22.0 Å². The number of para-hydroxylation sites is 3. The Balaban J connectivity index is 0.000000131. The summed E-state index contributed by atoms with van der Waals surface area (Å²) in [6.07, 6.45) is 3.40. The van der Waals surface area contributed by atoms with Gasteiger partial charge < -0.3 is 9.40 Å². The highest BCUT2D eigenvalue weighted by atomic mass is 79.9. The van der Waals surface area contributed by atoms with Gasteiger partial charge in [0.2, 0.25) is 0 Å². The molecule has 0 amide bonds. The minimum Gasteiger partial charge on any atom is -0.428 e. The number of imidazole rings is 1. The maximum Gasteiger partial charge on any atom is 0.288 e. The molecule has 4 rings (SSSR count). The summed E-state index contributed by atoms with van der Waals surface area (Å²) in [6.45, 7) is 0. The first-order valence-corrected chi connectivity index (χ1v) is 7.36. The minimum atomic E-state index is 0.259. The Morgan fingerprint density at radius 1 is 1.05 bits per heavy atom. The van der Waals surface area contributed by atoms with Crippen LogP contribution >= 0.6 is 28.1 Å². The van der Waals surface area contributed by atoms with Crippen molar-refractivity contribution in [2.24, 2.45) is 0 Å². The number of fused-ring (bicyclic) bond motifs is 2. The highest BCUT2D eigenvalue weighted by molar-refractivity contribution is 9.10. The monoisotopic (exact) mass is 359 g/mol. The molecule has 0 fully saturated rings.